The van der Waals surface area contributed by atoms with E-state index in [-0.39, 0.29) is 5.91 Å². The summed E-state index contributed by atoms with van der Waals surface area (Å²) < 4.78 is 6.40. The van der Waals surface area contributed by atoms with E-state index in [0.717, 1.165) is 10.6 Å². The first-order chi connectivity index (χ1) is 12.5. The van der Waals surface area contributed by atoms with E-state index in [1.54, 1.807) is 35.2 Å². The highest BCUT2D eigenvalue weighted by molar-refractivity contribution is 5.85. The first-order valence-electron chi connectivity index (χ1n) is 8.29. The molecule has 8 heteroatoms. The average molecular weight is 359 g/mol. The molecule has 0 spiro atoms. The third-order valence-corrected chi connectivity index (χ3v) is 3.85. The van der Waals surface area contributed by atoms with Gasteiger partial charge in [0, 0.05) is 30.9 Å². The number of hydrogen-bond donors (Lipinski definition) is 1. The highest BCUT2D eigenvalue weighted by Crippen LogP contribution is 2.20. The minimum atomic E-state index is -1.10. The number of ether oxygens (including phenoxy) is 1. The lowest BCUT2D eigenvalue weighted by atomic mass is 10.1. The molecule has 8 nitrogen and oxygen atoms in total. The summed E-state index contributed by atoms with van der Waals surface area (Å²) in [7, 11) is 0. The number of carbonyl (C=O) groups excluding carboxylic acids is 2. The molecule has 0 aliphatic rings. The Morgan fingerprint density at radius 3 is 2.35 bits per heavy atom. The summed E-state index contributed by atoms with van der Waals surface area (Å²) in [4.78, 5) is 51.4. The molecule has 0 aliphatic carbocycles. The van der Waals surface area contributed by atoms with Crippen LogP contribution in [-0.4, -0.2) is 39.4 Å². The number of aromatic nitrogens is 2. The van der Waals surface area contributed by atoms with Crippen LogP contribution in [0.1, 0.15) is 25.5 Å². The van der Waals surface area contributed by atoms with Crippen molar-refractivity contribution >= 4 is 11.9 Å². The lowest BCUT2D eigenvalue weighted by Gasteiger charge is -2.25. The van der Waals surface area contributed by atoms with Gasteiger partial charge >= 0.3 is 11.7 Å². The monoisotopic (exact) mass is 359 g/mol. The van der Waals surface area contributed by atoms with Crippen LogP contribution in [0.25, 0.3) is 0 Å². The number of likely N-dealkylation sites (N-methyl/N-ethyl adjacent to an activating group) is 1. The van der Waals surface area contributed by atoms with Gasteiger partial charge in [-0.2, -0.15) is 0 Å². The Kier molecular flexibility index (Phi) is 6.48. The summed E-state index contributed by atoms with van der Waals surface area (Å²) in [6, 6.07) is 9.82. The van der Waals surface area contributed by atoms with Crippen molar-refractivity contribution in [2.45, 2.75) is 26.5 Å². The molecule has 1 atom stereocenters. The smallest absolute Gasteiger partial charge is 0.328 e. The highest BCUT2D eigenvalue weighted by Gasteiger charge is 2.28. The molecule has 1 aromatic carbocycles. The predicted molar refractivity (Wildman–Crippen MR) is 94.5 cm³/mol. The Labute approximate surface area is 150 Å². The molecule has 0 saturated carbocycles. The van der Waals surface area contributed by atoms with E-state index in [1.165, 1.54) is 6.20 Å². The molecule has 1 aromatic heterocycles. The van der Waals surface area contributed by atoms with Crippen LogP contribution in [0, 0.1) is 0 Å². The van der Waals surface area contributed by atoms with Crippen LogP contribution < -0.4 is 11.2 Å². The zero-order valence-corrected chi connectivity index (χ0v) is 14.7. The van der Waals surface area contributed by atoms with Gasteiger partial charge in [0.05, 0.1) is 0 Å². The van der Waals surface area contributed by atoms with E-state index in [4.69, 9.17) is 4.74 Å². The van der Waals surface area contributed by atoms with Gasteiger partial charge in [0.25, 0.3) is 11.5 Å². The second-order valence-corrected chi connectivity index (χ2v) is 5.53. The lowest BCUT2D eigenvalue weighted by Crippen LogP contribution is -2.38. The quantitative estimate of drug-likeness (QED) is 0.733. The summed E-state index contributed by atoms with van der Waals surface area (Å²) in [5, 5.41) is 0. The third kappa shape index (κ3) is 4.69. The van der Waals surface area contributed by atoms with Gasteiger partial charge in [-0.25, -0.2) is 4.79 Å². The Balaban J connectivity index is 2.23. The van der Waals surface area contributed by atoms with E-state index in [1.807, 2.05) is 13.8 Å². The Hall–Kier alpha value is -3.16. The van der Waals surface area contributed by atoms with Crippen molar-refractivity contribution in [3.05, 3.63) is 69.0 Å². The minimum absolute atomic E-state index is 0.330. The van der Waals surface area contributed by atoms with Gasteiger partial charge in [-0.3, -0.25) is 23.9 Å². The molecule has 26 heavy (non-hydrogen) atoms. The van der Waals surface area contributed by atoms with Crippen LogP contribution in [0.2, 0.25) is 0 Å². The first-order valence-corrected chi connectivity index (χ1v) is 8.29. The predicted octanol–water partition coefficient (Wildman–Crippen LogP) is 0.690. The SMILES string of the molecule is CCN(CC)C(=O)[C@@H](OC(=O)Cn1ccc(=O)[nH]c1=O)c1ccccc1. The van der Waals surface area contributed by atoms with Gasteiger partial charge in [-0.05, 0) is 13.8 Å². The van der Waals surface area contributed by atoms with Crippen molar-refractivity contribution in [2.24, 2.45) is 0 Å². The van der Waals surface area contributed by atoms with Crippen LogP contribution in [-0.2, 0) is 20.9 Å². The Morgan fingerprint density at radius 2 is 1.77 bits per heavy atom. The number of esters is 1. The summed E-state index contributed by atoms with van der Waals surface area (Å²) in [6.45, 7) is 4.23. The molecule has 1 heterocycles. The number of rotatable bonds is 7. The van der Waals surface area contributed by atoms with Gasteiger partial charge in [0.2, 0.25) is 6.10 Å². The third-order valence-electron chi connectivity index (χ3n) is 3.85. The van der Waals surface area contributed by atoms with Crippen molar-refractivity contribution < 1.29 is 14.3 Å². The van der Waals surface area contributed by atoms with E-state index in [9.17, 15) is 19.2 Å². The van der Waals surface area contributed by atoms with Crippen molar-refractivity contribution in [1.82, 2.24) is 14.5 Å². The van der Waals surface area contributed by atoms with E-state index >= 15 is 0 Å². The second kappa shape index (κ2) is 8.80. The number of carbonyl (C=O) groups is 2. The number of amides is 1. The van der Waals surface area contributed by atoms with Gasteiger partial charge in [-0.15, -0.1) is 0 Å². The second-order valence-electron chi connectivity index (χ2n) is 5.53. The summed E-state index contributed by atoms with van der Waals surface area (Å²) in [5.41, 5.74) is -0.731. The molecular weight excluding hydrogens is 338 g/mol. The van der Waals surface area contributed by atoms with Crippen LogP contribution in [0.3, 0.4) is 0 Å². The maximum atomic E-state index is 12.7. The maximum Gasteiger partial charge on any atom is 0.328 e. The fraction of sp³-hybridized carbons (Fsp3) is 0.333. The van der Waals surface area contributed by atoms with Gasteiger partial charge < -0.3 is 9.64 Å². The zero-order chi connectivity index (χ0) is 19.1. The molecular formula is C18H21N3O5. The molecule has 2 rings (SSSR count). The highest BCUT2D eigenvalue weighted by atomic mass is 16.5. The molecule has 0 unspecified atom stereocenters. The van der Waals surface area contributed by atoms with E-state index < -0.39 is 29.9 Å². The number of benzene rings is 1. The number of aromatic amines is 1. The molecule has 1 amide bonds. The summed E-state index contributed by atoms with van der Waals surface area (Å²) in [5.74, 6) is -1.09. The minimum Gasteiger partial charge on any atom is -0.446 e. The molecule has 0 radical (unpaired) electrons. The normalized spacial score (nSPS) is 11.6. The Bertz CT molecular complexity index is 868. The lowest BCUT2D eigenvalue weighted by molar-refractivity contribution is -0.161. The number of H-pyrrole nitrogens is 1. The molecule has 2 aromatic rings. The summed E-state index contributed by atoms with van der Waals surface area (Å²) in [6.07, 6.45) is 0.105. The first kappa shape index (κ1) is 19.2. The van der Waals surface area contributed by atoms with Gasteiger partial charge in [-0.1, -0.05) is 30.3 Å². The topological polar surface area (TPSA) is 101 Å². The number of nitrogens with zero attached hydrogens (tertiary/aromatic N) is 2. The summed E-state index contributed by atoms with van der Waals surface area (Å²) >= 11 is 0. The molecule has 138 valence electrons. The van der Waals surface area contributed by atoms with Crippen molar-refractivity contribution in [3.63, 3.8) is 0 Å². The number of nitrogens with one attached hydrogen (secondary N) is 1. The zero-order valence-electron chi connectivity index (χ0n) is 14.7. The molecule has 0 aliphatic heterocycles. The van der Waals surface area contributed by atoms with Crippen molar-refractivity contribution in [1.29, 1.82) is 0 Å². The van der Waals surface area contributed by atoms with Crippen LogP contribution in [0.15, 0.2) is 52.2 Å². The van der Waals surface area contributed by atoms with Crippen molar-refractivity contribution in [2.75, 3.05) is 13.1 Å². The van der Waals surface area contributed by atoms with Gasteiger partial charge in [0.1, 0.15) is 6.54 Å². The average Bonchev–Trinajstić information content (AvgIpc) is 2.63. The van der Waals surface area contributed by atoms with Crippen LogP contribution >= 0.6 is 0 Å². The van der Waals surface area contributed by atoms with Crippen LogP contribution in [0.5, 0.6) is 0 Å². The largest absolute Gasteiger partial charge is 0.446 e. The van der Waals surface area contributed by atoms with Gasteiger partial charge in [0.15, 0.2) is 0 Å². The van der Waals surface area contributed by atoms with E-state index in [2.05, 4.69) is 4.98 Å². The fourth-order valence-electron chi connectivity index (χ4n) is 2.47. The van der Waals surface area contributed by atoms with Crippen LogP contribution in [0.4, 0.5) is 0 Å². The molecule has 0 bridgehead atoms. The number of hydrogen-bond acceptors (Lipinski definition) is 5. The molecule has 0 fully saturated rings. The maximum absolute atomic E-state index is 12.7. The standard InChI is InChI=1S/C18H21N3O5/c1-3-20(4-2)17(24)16(13-8-6-5-7-9-13)26-15(23)12-21-11-10-14(22)19-18(21)25/h5-11,16H,3-4,12H2,1-2H3,(H,19,22,25)/t16-/m0/s1. The van der Waals surface area contributed by atoms with Crippen molar-refractivity contribution in [3.8, 4) is 0 Å². The van der Waals surface area contributed by atoms with E-state index in [0.29, 0.717) is 18.7 Å². The Morgan fingerprint density at radius 1 is 1.12 bits per heavy atom. The molecule has 0 saturated heterocycles. The molecule has 1 N–H and O–H groups in total. The fourth-order valence-corrected chi connectivity index (χ4v) is 2.47.